The van der Waals surface area contributed by atoms with Crippen LogP contribution in [0.3, 0.4) is 0 Å². The first kappa shape index (κ1) is 9.85. The fraction of sp³-hybridized carbons (Fsp3) is 0.222. The van der Waals surface area contributed by atoms with Gasteiger partial charge in [0.05, 0.1) is 20.1 Å². The van der Waals surface area contributed by atoms with Gasteiger partial charge in [0.1, 0.15) is 5.69 Å². The van der Waals surface area contributed by atoms with Crippen LogP contribution in [0.25, 0.3) is 10.2 Å². The molecule has 0 unspecified atom stereocenters. The SMILES string of the molecule is CNc1cc2nc(C)sc2cc1[N+](=O)[O-]. The van der Waals surface area contributed by atoms with E-state index in [1.807, 2.05) is 6.92 Å². The number of nitro benzene ring substituents is 1. The van der Waals surface area contributed by atoms with Crippen LogP contribution >= 0.6 is 11.3 Å². The molecule has 2 aromatic rings. The maximum Gasteiger partial charge on any atom is 0.293 e. The summed E-state index contributed by atoms with van der Waals surface area (Å²) in [7, 11) is 1.66. The Bertz CT molecular complexity index is 535. The summed E-state index contributed by atoms with van der Waals surface area (Å²) in [6.45, 7) is 1.88. The van der Waals surface area contributed by atoms with Crippen molar-refractivity contribution in [1.29, 1.82) is 0 Å². The molecule has 6 heteroatoms. The second kappa shape index (κ2) is 3.47. The van der Waals surface area contributed by atoms with Crippen molar-refractivity contribution >= 4 is 32.9 Å². The number of nitro groups is 1. The lowest BCUT2D eigenvalue weighted by Crippen LogP contribution is -1.95. The number of fused-ring (bicyclic) bond motifs is 1. The molecule has 0 fully saturated rings. The number of rotatable bonds is 2. The van der Waals surface area contributed by atoms with Crippen LogP contribution in [-0.2, 0) is 0 Å². The highest BCUT2D eigenvalue weighted by atomic mass is 32.1. The average Bonchev–Trinajstić information content (AvgIpc) is 2.54. The van der Waals surface area contributed by atoms with Crippen molar-refractivity contribution in [3.63, 3.8) is 0 Å². The largest absolute Gasteiger partial charge is 0.383 e. The Morgan fingerprint density at radius 3 is 2.87 bits per heavy atom. The van der Waals surface area contributed by atoms with Crippen LogP contribution in [0.2, 0.25) is 0 Å². The number of hydrogen-bond acceptors (Lipinski definition) is 5. The first-order valence-electron chi connectivity index (χ1n) is 4.35. The van der Waals surface area contributed by atoms with Gasteiger partial charge in [0.15, 0.2) is 0 Å². The monoisotopic (exact) mass is 223 g/mol. The van der Waals surface area contributed by atoms with Gasteiger partial charge in [-0.1, -0.05) is 0 Å². The third-order valence-electron chi connectivity index (χ3n) is 2.08. The lowest BCUT2D eigenvalue weighted by molar-refractivity contribution is -0.383. The van der Waals surface area contributed by atoms with E-state index in [4.69, 9.17) is 0 Å². The number of hydrogen-bond donors (Lipinski definition) is 1. The number of thiazole rings is 1. The molecule has 0 spiro atoms. The van der Waals surface area contributed by atoms with Crippen molar-refractivity contribution in [2.45, 2.75) is 6.92 Å². The lowest BCUT2D eigenvalue weighted by Gasteiger charge is -2.00. The predicted octanol–water partition coefficient (Wildman–Crippen LogP) is 2.55. The maximum atomic E-state index is 10.8. The standard InChI is InChI=1S/C9H9N3O2S/c1-5-11-7-3-6(10-2)8(12(13)14)4-9(7)15-5/h3-4,10H,1-2H3. The van der Waals surface area contributed by atoms with Crippen LogP contribution < -0.4 is 5.32 Å². The van der Waals surface area contributed by atoms with Crippen molar-refractivity contribution in [1.82, 2.24) is 4.98 Å². The highest BCUT2D eigenvalue weighted by molar-refractivity contribution is 7.18. The van der Waals surface area contributed by atoms with Gasteiger partial charge in [-0.15, -0.1) is 11.3 Å². The van der Waals surface area contributed by atoms with Crippen molar-refractivity contribution in [2.24, 2.45) is 0 Å². The Labute approximate surface area is 89.9 Å². The molecule has 1 N–H and O–H groups in total. The van der Waals surface area contributed by atoms with Crippen LogP contribution in [0.15, 0.2) is 12.1 Å². The molecule has 78 valence electrons. The Morgan fingerprint density at radius 1 is 1.53 bits per heavy atom. The van der Waals surface area contributed by atoms with Crippen LogP contribution in [0.5, 0.6) is 0 Å². The van der Waals surface area contributed by atoms with E-state index in [-0.39, 0.29) is 10.6 Å². The molecule has 0 atom stereocenters. The normalized spacial score (nSPS) is 10.5. The van der Waals surface area contributed by atoms with Gasteiger partial charge in [0.25, 0.3) is 5.69 Å². The van der Waals surface area contributed by atoms with Crippen LogP contribution in [-0.4, -0.2) is 17.0 Å². The third kappa shape index (κ3) is 1.63. The highest BCUT2D eigenvalue weighted by Crippen LogP contribution is 2.32. The molecule has 1 heterocycles. The lowest BCUT2D eigenvalue weighted by atomic mass is 10.2. The summed E-state index contributed by atoms with van der Waals surface area (Å²) < 4.78 is 0.846. The quantitative estimate of drug-likeness (QED) is 0.627. The zero-order valence-electron chi connectivity index (χ0n) is 8.27. The topological polar surface area (TPSA) is 68.1 Å². The van der Waals surface area contributed by atoms with Crippen molar-refractivity contribution in [3.05, 3.63) is 27.3 Å². The second-order valence-corrected chi connectivity index (χ2v) is 4.31. The van der Waals surface area contributed by atoms with E-state index in [9.17, 15) is 10.1 Å². The number of anilines is 1. The number of aryl methyl sites for hydroxylation is 1. The van der Waals surface area contributed by atoms with Crippen molar-refractivity contribution in [2.75, 3.05) is 12.4 Å². The van der Waals surface area contributed by atoms with E-state index >= 15 is 0 Å². The molecular formula is C9H9N3O2S. The summed E-state index contributed by atoms with van der Waals surface area (Å²) in [5, 5.41) is 14.5. The number of aromatic nitrogens is 1. The average molecular weight is 223 g/mol. The van der Waals surface area contributed by atoms with E-state index in [1.165, 1.54) is 11.3 Å². The molecule has 0 radical (unpaired) electrons. The van der Waals surface area contributed by atoms with E-state index in [1.54, 1.807) is 19.2 Å². The minimum absolute atomic E-state index is 0.0913. The van der Waals surface area contributed by atoms with Gasteiger partial charge >= 0.3 is 0 Å². The van der Waals surface area contributed by atoms with Crippen molar-refractivity contribution < 1.29 is 4.92 Å². The fourth-order valence-corrected chi connectivity index (χ4v) is 2.27. The van der Waals surface area contributed by atoms with Crippen LogP contribution in [0.1, 0.15) is 5.01 Å². The summed E-state index contributed by atoms with van der Waals surface area (Å²) >= 11 is 1.46. The number of nitrogens with one attached hydrogen (secondary N) is 1. The highest BCUT2D eigenvalue weighted by Gasteiger charge is 2.15. The first-order valence-corrected chi connectivity index (χ1v) is 5.17. The summed E-state index contributed by atoms with van der Waals surface area (Å²) in [5.41, 5.74) is 1.39. The Morgan fingerprint density at radius 2 is 2.27 bits per heavy atom. The molecule has 1 aromatic carbocycles. The molecule has 0 bridgehead atoms. The van der Waals surface area contributed by atoms with Gasteiger partial charge in [-0.25, -0.2) is 4.98 Å². The molecule has 15 heavy (non-hydrogen) atoms. The molecule has 0 amide bonds. The summed E-state index contributed by atoms with van der Waals surface area (Å²) in [6.07, 6.45) is 0. The number of benzene rings is 1. The van der Waals surface area contributed by atoms with Gasteiger partial charge in [-0.05, 0) is 13.0 Å². The van der Waals surface area contributed by atoms with Gasteiger partial charge in [-0.3, -0.25) is 10.1 Å². The minimum atomic E-state index is -0.389. The van der Waals surface area contributed by atoms with Crippen LogP contribution in [0, 0.1) is 17.0 Å². The predicted molar refractivity (Wildman–Crippen MR) is 60.6 cm³/mol. The van der Waals surface area contributed by atoms with Gasteiger partial charge in [-0.2, -0.15) is 0 Å². The molecule has 0 aliphatic heterocycles. The van der Waals surface area contributed by atoms with Gasteiger partial charge in [0, 0.05) is 13.1 Å². The summed E-state index contributed by atoms with van der Waals surface area (Å²) in [6, 6.07) is 3.27. The van der Waals surface area contributed by atoms with E-state index in [0.717, 1.165) is 15.2 Å². The van der Waals surface area contributed by atoms with E-state index in [2.05, 4.69) is 10.3 Å². The summed E-state index contributed by atoms with van der Waals surface area (Å²) in [5.74, 6) is 0. The summed E-state index contributed by atoms with van der Waals surface area (Å²) in [4.78, 5) is 14.7. The van der Waals surface area contributed by atoms with E-state index in [0.29, 0.717) is 5.69 Å². The molecule has 0 aliphatic carbocycles. The second-order valence-electron chi connectivity index (χ2n) is 3.08. The smallest absolute Gasteiger partial charge is 0.293 e. The van der Waals surface area contributed by atoms with Crippen molar-refractivity contribution in [3.8, 4) is 0 Å². The third-order valence-corrected chi connectivity index (χ3v) is 3.01. The minimum Gasteiger partial charge on any atom is -0.383 e. The molecule has 0 aliphatic rings. The van der Waals surface area contributed by atoms with Crippen LogP contribution in [0.4, 0.5) is 11.4 Å². The molecule has 1 aromatic heterocycles. The first-order chi connectivity index (χ1) is 7.11. The fourth-order valence-electron chi connectivity index (χ4n) is 1.43. The maximum absolute atomic E-state index is 10.8. The number of nitrogens with zero attached hydrogens (tertiary/aromatic N) is 2. The molecule has 0 saturated heterocycles. The van der Waals surface area contributed by atoms with E-state index < -0.39 is 0 Å². The molecule has 0 saturated carbocycles. The zero-order chi connectivity index (χ0) is 11.0. The Balaban J connectivity index is 2.73. The Hall–Kier alpha value is -1.69. The molecule has 5 nitrogen and oxygen atoms in total. The molecular weight excluding hydrogens is 214 g/mol. The van der Waals surface area contributed by atoms with Gasteiger partial charge in [0.2, 0.25) is 0 Å². The molecule has 2 rings (SSSR count). The zero-order valence-corrected chi connectivity index (χ0v) is 9.09. The van der Waals surface area contributed by atoms with Gasteiger partial charge < -0.3 is 5.32 Å². The Kier molecular flexibility index (Phi) is 2.28.